The summed E-state index contributed by atoms with van der Waals surface area (Å²) in [6.07, 6.45) is 0.285. The van der Waals surface area contributed by atoms with Gasteiger partial charge in [0.1, 0.15) is 0 Å². The zero-order valence-corrected chi connectivity index (χ0v) is 8.01. The summed E-state index contributed by atoms with van der Waals surface area (Å²) in [5.74, 6) is -2.51. The van der Waals surface area contributed by atoms with E-state index in [-0.39, 0.29) is 0 Å². The molecule has 0 saturated carbocycles. The zero-order valence-electron chi connectivity index (χ0n) is 8.01. The van der Waals surface area contributed by atoms with Gasteiger partial charge in [-0.3, -0.25) is 0 Å². The highest BCUT2D eigenvalue weighted by molar-refractivity contribution is 5.67. The quantitative estimate of drug-likeness (QED) is 0.508. The summed E-state index contributed by atoms with van der Waals surface area (Å²) in [5, 5.41) is 25.4. The number of ether oxygens (including phenoxy) is 1. The first-order valence-electron chi connectivity index (χ1n) is 4.47. The van der Waals surface area contributed by atoms with Gasteiger partial charge in [-0.1, -0.05) is 6.92 Å². The molecular formula is C8H15NO5. The van der Waals surface area contributed by atoms with Crippen molar-refractivity contribution in [3.8, 4) is 0 Å². The van der Waals surface area contributed by atoms with Gasteiger partial charge in [0.15, 0.2) is 6.61 Å². The van der Waals surface area contributed by atoms with Gasteiger partial charge < -0.3 is 25.0 Å². The van der Waals surface area contributed by atoms with Crippen molar-refractivity contribution in [2.24, 2.45) is 5.92 Å². The third kappa shape index (κ3) is 3.49. The molecule has 0 aromatic rings. The van der Waals surface area contributed by atoms with Gasteiger partial charge in [0.05, 0.1) is 0 Å². The van der Waals surface area contributed by atoms with Crippen LogP contribution >= 0.6 is 0 Å². The highest BCUT2D eigenvalue weighted by atomic mass is 16.7. The molecule has 0 spiro atoms. The minimum Gasteiger partial charge on any atom is -0.441 e. The van der Waals surface area contributed by atoms with Gasteiger partial charge in [-0.25, -0.2) is 4.79 Å². The molecule has 6 heteroatoms. The molecule has 0 aliphatic carbocycles. The highest BCUT2D eigenvalue weighted by Gasteiger charge is 2.27. The highest BCUT2D eigenvalue weighted by Crippen LogP contribution is 2.15. The second kappa shape index (κ2) is 4.12. The van der Waals surface area contributed by atoms with E-state index in [2.05, 4.69) is 4.74 Å². The van der Waals surface area contributed by atoms with Crippen LogP contribution in [-0.2, 0) is 4.74 Å². The van der Waals surface area contributed by atoms with Crippen LogP contribution in [0.25, 0.3) is 0 Å². The Balaban J connectivity index is 2.29. The third-order valence-corrected chi connectivity index (χ3v) is 2.07. The summed E-state index contributed by atoms with van der Waals surface area (Å²) < 4.78 is 4.48. The van der Waals surface area contributed by atoms with Crippen LogP contribution in [0.2, 0.25) is 0 Å². The number of aliphatic hydroxyl groups is 3. The number of rotatable bonds is 2. The molecule has 82 valence electrons. The number of amides is 1. The number of likely N-dealkylation sites (tertiary alicyclic amines) is 1. The minimum absolute atomic E-state index is 0.435. The lowest BCUT2D eigenvalue weighted by molar-refractivity contribution is -0.325. The first-order valence-corrected chi connectivity index (χ1v) is 4.47. The molecule has 1 aliphatic heterocycles. The summed E-state index contributed by atoms with van der Waals surface area (Å²) in [5.41, 5.74) is 0. The smallest absolute Gasteiger partial charge is 0.410 e. The van der Waals surface area contributed by atoms with Gasteiger partial charge in [-0.05, 0) is 12.3 Å². The first-order chi connectivity index (χ1) is 6.38. The van der Waals surface area contributed by atoms with Crippen LogP contribution in [0.4, 0.5) is 4.79 Å². The van der Waals surface area contributed by atoms with Crippen LogP contribution in [-0.4, -0.2) is 52.0 Å². The van der Waals surface area contributed by atoms with E-state index in [0.717, 1.165) is 6.42 Å². The summed E-state index contributed by atoms with van der Waals surface area (Å²) in [6.45, 7) is 2.39. The van der Waals surface area contributed by atoms with Crippen molar-refractivity contribution in [2.75, 3.05) is 19.7 Å². The predicted molar refractivity (Wildman–Crippen MR) is 46.1 cm³/mol. The van der Waals surface area contributed by atoms with Crippen molar-refractivity contribution in [1.29, 1.82) is 0 Å². The second-order valence-electron chi connectivity index (χ2n) is 3.67. The van der Waals surface area contributed by atoms with Crippen molar-refractivity contribution in [1.82, 2.24) is 4.90 Å². The van der Waals surface area contributed by atoms with E-state index in [9.17, 15) is 4.79 Å². The summed E-state index contributed by atoms with van der Waals surface area (Å²) in [6, 6.07) is 0. The van der Waals surface area contributed by atoms with Crippen LogP contribution in [0.5, 0.6) is 0 Å². The molecule has 1 atom stereocenters. The van der Waals surface area contributed by atoms with Gasteiger partial charge >= 0.3 is 12.1 Å². The number of hydrogen-bond acceptors (Lipinski definition) is 5. The Morgan fingerprint density at radius 2 is 2.21 bits per heavy atom. The Labute approximate surface area is 81.7 Å². The van der Waals surface area contributed by atoms with E-state index >= 15 is 0 Å². The monoisotopic (exact) mass is 205 g/mol. The molecule has 1 rings (SSSR count). The van der Waals surface area contributed by atoms with Crippen LogP contribution < -0.4 is 0 Å². The van der Waals surface area contributed by atoms with Crippen molar-refractivity contribution in [3.05, 3.63) is 0 Å². The topological polar surface area (TPSA) is 90.2 Å². The van der Waals surface area contributed by atoms with Crippen molar-refractivity contribution in [3.63, 3.8) is 0 Å². The maximum Gasteiger partial charge on any atom is 0.410 e. The van der Waals surface area contributed by atoms with Gasteiger partial charge in [-0.2, -0.15) is 0 Å². The Bertz CT molecular complexity index is 212. The number of hydrogen-bond donors (Lipinski definition) is 3. The van der Waals surface area contributed by atoms with Crippen molar-refractivity contribution in [2.45, 2.75) is 19.3 Å². The van der Waals surface area contributed by atoms with Crippen molar-refractivity contribution >= 4 is 6.09 Å². The molecule has 14 heavy (non-hydrogen) atoms. The van der Waals surface area contributed by atoms with Crippen LogP contribution in [0.1, 0.15) is 13.3 Å². The summed E-state index contributed by atoms with van der Waals surface area (Å²) in [4.78, 5) is 12.7. The van der Waals surface area contributed by atoms with E-state index < -0.39 is 18.7 Å². The largest absolute Gasteiger partial charge is 0.441 e. The molecular weight excluding hydrogens is 190 g/mol. The van der Waals surface area contributed by atoms with Gasteiger partial charge in [0, 0.05) is 13.1 Å². The average Bonchev–Trinajstić information content (AvgIpc) is 2.46. The molecule has 3 N–H and O–H groups in total. The molecule has 1 unspecified atom stereocenters. The van der Waals surface area contributed by atoms with E-state index in [4.69, 9.17) is 15.3 Å². The molecule has 0 aromatic heterocycles. The van der Waals surface area contributed by atoms with Crippen LogP contribution in [0, 0.1) is 5.92 Å². The minimum atomic E-state index is -2.94. The van der Waals surface area contributed by atoms with E-state index in [0.29, 0.717) is 19.0 Å². The first kappa shape index (κ1) is 11.2. The standard InChI is InChI=1S/C8H15NO5/c1-6-2-3-9(4-6)7(10)14-5-8(11,12)13/h6,11-13H,2-5H2,1H3. The maximum atomic E-state index is 11.2. The lowest BCUT2D eigenvalue weighted by atomic mass is 10.2. The molecule has 1 fully saturated rings. The number of carbonyl (C=O) groups excluding carboxylic acids is 1. The molecule has 0 radical (unpaired) electrons. The molecule has 1 aliphatic rings. The lowest BCUT2D eigenvalue weighted by Gasteiger charge is -2.18. The van der Waals surface area contributed by atoms with E-state index in [1.54, 1.807) is 0 Å². The fourth-order valence-corrected chi connectivity index (χ4v) is 1.35. The number of nitrogens with zero attached hydrogens (tertiary/aromatic N) is 1. The Kier molecular flexibility index (Phi) is 3.30. The van der Waals surface area contributed by atoms with E-state index in [1.807, 2.05) is 6.92 Å². The van der Waals surface area contributed by atoms with Gasteiger partial charge in [-0.15, -0.1) is 0 Å². The summed E-state index contributed by atoms with van der Waals surface area (Å²) in [7, 11) is 0. The predicted octanol–water partition coefficient (Wildman–Crippen LogP) is -0.905. The van der Waals surface area contributed by atoms with E-state index in [1.165, 1.54) is 4.90 Å². The normalized spacial score (nSPS) is 22.6. The Morgan fingerprint density at radius 3 is 2.64 bits per heavy atom. The van der Waals surface area contributed by atoms with Gasteiger partial charge in [0.25, 0.3) is 0 Å². The molecule has 6 nitrogen and oxygen atoms in total. The van der Waals surface area contributed by atoms with Crippen molar-refractivity contribution < 1.29 is 24.9 Å². The molecule has 0 bridgehead atoms. The fraction of sp³-hybridized carbons (Fsp3) is 0.875. The zero-order chi connectivity index (χ0) is 10.8. The third-order valence-electron chi connectivity index (χ3n) is 2.07. The van der Waals surface area contributed by atoms with Gasteiger partial charge in [0.2, 0.25) is 0 Å². The second-order valence-corrected chi connectivity index (χ2v) is 3.67. The van der Waals surface area contributed by atoms with Crippen LogP contribution in [0.3, 0.4) is 0 Å². The van der Waals surface area contributed by atoms with Crippen LogP contribution in [0.15, 0.2) is 0 Å². The molecule has 0 aromatic carbocycles. The maximum absolute atomic E-state index is 11.2. The molecule has 1 saturated heterocycles. The summed E-state index contributed by atoms with van der Waals surface area (Å²) >= 11 is 0. The average molecular weight is 205 g/mol. The Morgan fingerprint density at radius 1 is 1.57 bits per heavy atom. The Hall–Kier alpha value is -0.850. The number of carbonyl (C=O) groups is 1. The lowest BCUT2D eigenvalue weighted by Crippen LogP contribution is -2.38. The molecule has 1 amide bonds. The fourth-order valence-electron chi connectivity index (χ4n) is 1.35. The molecule has 1 heterocycles. The SMILES string of the molecule is CC1CCN(C(=O)OCC(O)(O)O)C1.